The average molecular weight is 294 g/mol. The SMILES string of the molecule is CCN(CC)C(CNC(C)C(OC)OC)c1ccccc1. The standard InChI is InChI=1S/C17H30N2O2/c1-6-19(7-2)16(15-11-9-8-10-12-15)13-18-14(3)17(20-4)21-5/h8-12,14,16-18H,6-7,13H2,1-5H3. The van der Waals surface area contributed by atoms with Crippen molar-refractivity contribution in [3.8, 4) is 0 Å². The molecule has 0 aliphatic heterocycles. The lowest BCUT2D eigenvalue weighted by Gasteiger charge is -2.32. The summed E-state index contributed by atoms with van der Waals surface area (Å²) in [6.07, 6.45) is -0.224. The Kier molecular flexibility index (Phi) is 8.54. The van der Waals surface area contributed by atoms with Gasteiger partial charge < -0.3 is 14.8 Å². The molecule has 0 fully saturated rings. The minimum absolute atomic E-state index is 0.141. The molecule has 0 aromatic heterocycles. The average Bonchev–Trinajstić information content (AvgIpc) is 2.53. The summed E-state index contributed by atoms with van der Waals surface area (Å²) in [6.45, 7) is 9.43. The summed E-state index contributed by atoms with van der Waals surface area (Å²) in [5.74, 6) is 0. The van der Waals surface area contributed by atoms with Crippen LogP contribution >= 0.6 is 0 Å². The fraction of sp³-hybridized carbons (Fsp3) is 0.647. The molecule has 4 nitrogen and oxygen atoms in total. The molecule has 0 aliphatic carbocycles. The number of hydrogen-bond acceptors (Lipinski definition) is 4. The van der Waals surface area contributed by atoms with Gasteiger partial charge in [0.25, 0.3) is 0 Å². The Morgan fingerprint density at radius 2 is 1.62 bits per heavy atom. The smallest absolute Gasteiger partial charge is 0.171 e. The number of methoxy groups -OCH3 is 2. The maximum absolute atomic E-state index is 5.31. The van der Waals surface area contributed by atoms with Crippen LogP contribution in [0.5, 0.6) is 0 Å². The Hall–Kier alpha value is -0.940. The largest absolute Gasteiger partial charge is 0.354 e. The van der Waals surface area contributed by atoms with E-state index in [1.807, 2.05) is 0 Å². The molecule has 0 saturated heterocycles. The monoisotopic (exact) mass is 294 g/mol. The number of likely N-dealkylation sites (N-methyl/N-ethyl adjacent to an activating group) is 1. The topological polar surface area (TPSA) is 33.7 Å². The van der Waals surface area contributed by atoms with Crippen LogP contribution in [0.25, 0.3) is 0 Å². The van der Waals surface area contributed by atoms with Crippen molar-refractivity contribution in [1.29, 1.82) is 0 Å². The quantitative estimate of drug-likeness (QED) is 0.673. The zero-order valence-corrected chi connectivity index (χ0v) is 14.0. The molecule has 1 aromatic rings. The summed E-state index contributed by atoms with van der Waals surface area (Å²) in [6, 6.07) is 11.1. The summed E-state index contributed by atoms with van der Waals surface area (Å²) in [5.41, 5.74) is 1.34. The second-order valence-corrected chi connectivity index (χ2v) is 5.18. The van der Waals surface area contributed by atoms with E-state index in [1.165, 1.54) is 5.56 Å². The van der Waals surface area contributed by atoms with E-state index in [0.29, 0.717) is 6.04 Å². The van der Waals surface area contributed by atoms with Crippen molar-refractivity contribution in [2.45, 2.75) is 39.1 Å². The number of nitrogens with zero attached hydrogens (tertiary/aromatic N) is 1. The van der Waals surface area contributed by atoms with E-state index >= 15 is 0 Å². The van der Waals surface area contributed by atoms with Gasteiger partial charge in [-0.15, -0.1) is 0 Å². The maximum atomic E-state index is 5.31. The van der Waals surface area contributed by atoms with Gasteiger partial charge in [0.15, 0.2) is 6.29 Å². The highest BCUT2D eigenvalue weighted by atomic mass is 16.7. The van der Waals surface area contributed by atoms with Gasteiger partial charge in [-0.3, -0.25) is 4.90 Å². The molecule has 1 rings (SSSR count). The first-order valence-corrected chi connectivity index (χ1v) is 7.75. The summed E-state index contributed by atoms with van der Waals surface area (Å²) < 4.78 is 10.6. The molecule has 0 saturated carbocycles. The van der Waals surface area contributed by atoms with Crippen LogP contribution in [0, 0.1) is 0 Å². The van der Waals surface area contributed by atoms with Crippen LogP contribution in [0.3, 0.4) is 0 Å². The van der Waals surface area contributed by atoms with E-state index in [9.17, 15) is 0 Å². The van der Waals surface area contributed by atoms with E-state index < -0.39 is 0 Å². The molecule has 0 spiro atoms. The lowest BCUT2D eigenvalue weighted by atomic mass is 10.0. The van der Waals surface area contributed by atoms with Crippen LogP contribution in [0.15, 0.2) is 30.3 Å². The van der Waals surface area contributed by atoms with Crippen LogP contribution in [-0.4, -0.2) is 51.1 Å². The third-order valence-corrected chi connectivity index (χ3v) is 3.94. The van der Waals surface area contributed by atoms with Crippen molar-refractivity contribution in [3.63, 3.8) is 0 Å². The van der Waals surface area contributed by atoms with Crippen molar-refractivity contribution in [1.82, 2.24) is 10.2 Å². The highest BCUT2D eigenvalue weighted by molar-refractivity contribution is 5.19. The van der Waals surface area contributed by atoms with E-state index in [-0.39, 0.29) is 12.3 Å². The fourth-order valence-electron chi connectivity index (χ4n) is 2.70. The van der Waals surface area contributed by atoms with E-state index in [1.54, 1.807) is 14.2 Å². The number of nitrogens with one attached hydrogen (secondary N) is 1. The van der Waals surface area contributed by atoms with Crippen LogP contribution in [0.2, 0.25) is 0 Å². The van der Waals surface area contributed by atoms with Gasteiger partial charge in [0.05, 0.1) is 6.04 Å². The summed E-state index contributed by atoms with van der Waals surface area (Å²) in [4.78, 5) is 2.46. The van der Waals surface area contributed by atoms with E-state index in [0.717, 1.165) is 19.6 Å². The molecule has 1 N–H and O–H groups in total. The molecule has 0 amide bonds. The van der Waals surface area contributed by atoms with Gasteiger partial charge >= 0.3 is 0 Å². The van der Waals surface area contributed by atoms with Gasteiger partial charge in [-0.2, -0.15) is 0 Å². The molecule has 1 aromatic carbocycles. The second kappa shape index (κ2) is 9.90. The fourth-order valence-corrected chi connectivity index (χ4v) is 2.70. The number of hydrogen-bond donors (Lipinski definition) is 1. The van der Waals surface area contributed by atoms with Crippen molar-refractivity contribution in [2.24, 2.45) is 0 Å². The molecule has 0 heterocycles. The number of ether oxygens (including phenoxy) is 2. The van der Waals surface area contributed by atoms with Gasteiger partial charge in [0.2, 0.25) is 0 Å². The minimum atomic E-state index is -0.224. The second-order valence-electron chi connectivity index (χ2n) is 5.18. The third-order valence-electron chi connectivity index (χ3n) is 3.94. The van der Waals surface area contributed by atoms with Gasteiger partial charge in [-0.05, 0) is 25.6 Å². The molecule has 21 heavy (non-hydrogen) atoms. The molecular formula is C17H30N2O2. The number of rotatable bonds is 10. The summed E-state index contributed by atoms with van der Waals surface area (Å²) in [7, 11) is 3.34. The molecular weight excluding hydrogens is 264 g/mol. The highest BCUT2D eigenvalue weighted by Crippen LogP contribution is 2.19. The molecule has 120 valence electrons. The van der Waals surface area contributed by atoms with Gasteiger partial charge in [0, 0.05) is 26.8 Å². The van der Waals surface area contributed by atoms with Crippen LogP contribution in [0.4, 0.5) is 0 Å². The highest BCUT2D eigenvalue weighted by Gasteiger charge is 2.21. The first-order chi connectivity index (χ1) is 10.2. The van der Waals surface area contributed by atoms with Gasteiger partial charge in [0.1, 0.15) is 0 Å². The molecule has 2 unspecified atom stereocenters. The molecule has 0 radical (unpaired) electrons. The number of benzene rings is 1. The van der Waals surface area contributed by atoms with Crippen molar-refractivity contribution < 1.29 is 9.47 Å². The van der Waals surface area contributed by atoms with Crippen LogP contribution in [-0.2, 0) is 9.47 Å². The Bertz CT molecular complexity index is 364. The Balaban J connectivity index is 2.74. The predicted octanol–water partition coefficient (Wildman–Crippen LogP) is 2.67. The Morgan fingerprint density at radius 3 is 2.10 bits per heavy atom. The Labute approximate surface area is 129 Å². The van der Waals surface area contributed by atoms with Crippen molar-refractivity contribution in [2.75, 3.05) is 33.9 Å². The molecule has 4 heteroatoms. The maximum Gasteiger partial charge on any atom is 0.171 e. The van der Waals surface area contributed by atoms with E-state index in [4.69, 9.17) is 9.47 Å². The van der Waals surface area contributed by atoms with Crippen molar-refractivity contribution >= 4 is 0 Å². The van der Waals surface area contributed by atoms with Crippen LogP contribution < -0.4 is 5.32 Å². The summed E-state index contributed by atoms with van der Waals surface area (Å²) in [5, 5.41) is 3.54. The van der Waals surface area contributed by atoms with Crippen LogP contribution in [0.1, 0.15) is 32.4 Å². The van der Waals surface area contributed by atoms with E-state index in [2.05, 4.69) is 61.3 Å². The van der Waals surface area contributed by atoms with Crippen molar-refractivity contribution in [3.05, 3.63) is 35.9 Å². The first kappa shape index (κ1) is 18.1. The lowest BCUT2D eigenvalue weighted by Crippen LogP contribution is -2.44. The lowest BCUT2D eigenvalue weighted by molar-refractivity contribution is -0.119. The normalized spacial score (nSPS) is 14.6. The predicted molar refractivity (Wildman–Crippen MR) is 87.4 cm³/mol. The molecule has 2 atom stereocenters. The zero-order chi connectivity index (χ0) is 15.7. The van der Waals surface area contributed by atoms with Gasteiger partial charge in [-0.25, -0.2) is 0 Å². The minimum Gasteiger partial charge on any atom is -0.354 e. The van der Waals surface area contributed by atoms with Gasteiger partial charge in [-0.1, -0.05) is 44.2 Å². The molecule has 0 bridgehead atoms. The summed E-state index contributed by atoms with van der Waals surface area (Å²) >= 11 is 0. The Morgan fingerprint density at radius 1 is 1.05 bits per heavy atom. The molecule has 0 aliphatic rings. The zero-order valence-electron chi connectivity index (χ0n) is 14.0. The first-order valence-electron chi connectivity index (χ1n) is 7.75. The third kappa shape index (κ3) is 5.40.